The number of hydrogen-bond donors (Lipinski definition) is 1. The summed E-state index contributed by atoms with van der Waals surface area (Å²) in [7, 11) is 1.88. The molecule has 0 aromatic heterocycles. The fraction of sp³-hybridized carbons (Fsp3) is 0.818. The van der Waals surface area contributed by atoms with Crippen molar-refractivity contribution in [2.24, 2.45) is 0 Å². The molecule has 0 rings (SSSR count). The zero-order valence-electron chi connectivity index (χ0n) is 10.1. The minimum absolute atomic E-state index is 0.0175. The summed E-state index contributed by atoms with van der Waals surface area (Å²) in [6.45, 7) is 6.26. The molecule has 0 aromatic rings. The largest absolute Gasteiger partial charge is 0.353 e. The van der Waals surface area contributed by atoms with E-state index in [9.17, 15) is 4.79 Å². The van der Waals surface area contributed by atoms with E-state index in [-0.39, 0.29) is 18.0 Å². The molecule has 0 aromatic carbocycles. The zero-order chi connectivity index (χ0) is 11.8. The summed E-state index contributed by atoms with van der Waals surface area (Å²) in [5.74, 6) is 0.0175. The summed E-state index contributed by atoms with van der Waals surface area (Å²) < 4.78 is 0. The van der Waals surface area contributed by atoms with Crippen LogP contribution >= 0.6 is 0 Å². The van der Waals surface area contributed by atoms with Crippen molar-refractivity contribution < 1.29 is 4.79 Å². The van der Waals surface area contributed by atoms with E-state index in [1.54, 1.807) is 0 Å². The van der Waals surface area contributed by atoms with Crippen LogP contribution in [0.1, 0.15) is 33.6 Å². The molecular weight excluding hydrogens is 190 g/mol. The van der Waals surface area contributed by atoms with Crippen LogP contribution in [0.2, 0.25) is 0 Å². The fourth-order valence-electron chi connectivity index (χ4n) is 1.44. The number of nitrogens with one attached hydrogen (secondary N) is 1. The highest BCUT2D eigenvalue weighted by molar-refractivity contribution is 5.78. The Bertz CT molecular complexity index is 232. The molecule has 0 radical (unpaired) electrons. The molecule has 0 bridgehead atoms. The molecule has 0 saturated carbocycles. The number of carbonyl (C=O) groups is 1. The van der Waals surface area contributed by atoms with Crippen molar-refractivity contribution in [3.63, 3.8) is 0 Å². The Morgan fingerprint density at radius 3 is 2.53 bits per heavy atom. The Hall–Kier alpha value is -1.08. The standard InChI is InChI=1S/C11H21N3O/c1-5-10(6-7-12)14(4)8-11(15)13-9(2)3/h9-10H,5-6,8H2,1-4H3,(H,13,15). The SMILES string of the molecule is CCC(CC#N)N(C)CC(=O)NC(C)C. The van der Waals surface area contributed by atoms with Crippen molar-refractivity contribution >= 4 is 5.91 Å². The Labute approximate surface area is 92.3 Å². The molecule has 4 nitrogen and oxygen atoms in total. The van der Waals surface area contributed by atoms with E-state index in [1.165, 1.54) is 0 Å². The van der Waals surface area contributed by atoms with Gasteiger partial charge in [-0.3, -0.25) is 9.69 Å². The van der Waals surface area contributed by atoms with Crippen molar-refractivity contribution in [2.75, 3.05) is 13.6 Å². The van der Waals surface area contributed by atoms with E-state index in [4.69, 9.17) is 5.26 Å². The second kappa shape index (κ2) is 7.24. The summed E-state index contributed by atoms with van der Waals surface area (Å²) >= 11 is 0. The minimum atomic E-state index is 0.0175. The van der Waals surface area contributed by atoms with Crippen LogP contribution in [0.3, 0.4) is 0 Å². The van der Waals surface area contributed by atoms with Gasteiger partial charge in [0, 0.05) is 12.1 Å². The summed E-state index contributed by atoms with van der Waals surface area (Å²) in [5, 5.41) is 11.5. The molecule has 1 N–H and O–H groups in total. The second-order valence-electron chi connectivity index (χ2n) is 4.06. The first kappa shape index (κ1) is 13.9. The minimum Gasteiger partial charge on any atom is -0.353 e. The quantitative estimate of drug-likeness (QED) is 0.716. The zero-order valence-corrected chi connectivity index (χ0v) is 10.1. The van der Waals surface area contributed by atoms with Gasteiger partial charge in [0.25, 0.3) is 0 Å². The van der Waals surface area contributed by atoms with Crippen molar-refractivity contribution in [3.05, 3.63) is 0 Å². The van der Waals surface area contributed by atoms with Gasteiger partial charge < -0.3 is 5.32 Å². The third-order valence-electron chi connectivity index (χ3n) is 2.26. The van der Waals surface area contributed by atoms with Gasteiger partial charge >= 0.3 is 0 Å². The molecule has 0 saturated heterocycles. The van der Waals surface area contributed by atoms with Crippen molar-refractivity contribution in [1.82, 2.24) is 10.2 Å². The maximum Gasteiger partial charge on any atom is 0.234 e. The molecule has 1 amide bonds. The van der Waals surface area contributed by atoms with Gasteiger partial charge in [0.05, 0.1) is 19.0 Å². The fourth-order valence-corrected chi connectivity index (χ4v) is 1.44. The normalized spacial score (nSPS) is 12.6. The molecule has 0 heterocycles. The molecule has 0 aliphatic heterocycles. The lowest BCUT2D eigenvalue weighted by molar-refractivity contribution is -0.122. The molecule has 0 aliphatic carbocycles. The lowest BCUT2D eigenvalue weighted by Gasteiger charge is -2.24. The van der Waals surface area contributed by atoms with Gasteiger partial charge in [-0.2, -0.15) is 5.26 Å². The van der Waals surface area contributed by atoms with Gasteiger partial charge in [-0.05, 0) is 27.3 Å². The Balaban J connectivity index is 4.04. The number of hydrogen-bond acceptors (Lipinski definition) is 3. The third-order valence-corrected chi connectivity index (χ3v) is 2.26. The van der Waals surface area contributed by atoms with Gasteiger partial charge in [-0.25, -0.2) is 0 Å². The summed E-state index contributed by atoms with van der Waals surface area (Å²) in [4.78, 5) is 13.4. The number of likely N-dealkylation sites (N-methyl/N-ethyl adjacent to an activating group) is 1. The molecule has 1 unspecified atom stereocenters. The van der Waals surface area contributed by atoms with Crippen LogP contribution in [-0.4, -0.2) is 36.5 Å². The third kappa shape index (κ3) is 6.08. The second-order valence-corrected chi connectivity index (χ2v) is 4.06. The van der Waals surface area contributed by atoms with Crippen LogP contribution in [0.15, 0.2) is 0 Å². The van der Waals surface area contributed by atoms with E-state index in [1.807, 2.05) is 32.7 Å². The van der Waals surface area contributed by atoms with Crippen LogP contribution in [0.25, 0.3) is 0 Å². The lowest BCUT2D eigenvalue weighted by atomic mass is 10.1. The van der Waals surface area contributed by atoms with Gasteiger partial charge in [-0.15, -0.1) is 0 Å². The number of nitrogens with zero attached hydrogens (tertiary/aromatic N) is 2. The molecule has 0 fully saturated rings. The number of rotatable bonds is 6. The van der Waals surface area contributed by atoms with Gasteiger partial charge in [0.2, 0.25) is 5.91 Å². The summed E-state index contributed by atoms with van der Waals surface area (Å²) in [6.07, 6.45) is 1.36. The van der Waals surface area contributed by atoms with E-state index >= 15 is 0 Å². The Morgan fingerprint density at radius 1 is 1.53 bits per heavy atom. The van der Waals surface area contributed by atoms with Crippen LogP contribution in [0.4, 0.5) is 0 Å². The number of carbonyl (C=O) groups excluding carboxylic acids is 1. The first-order valence-electron chi connectivity index (χ1n) is 5.37. The monoisotopic (exact) mass is 211 g/mol. The number of nitriles is 1. The highest BCUT2D eigenvalue weighted by Gasteiger charge is 2.15. The predicted octanol–water partition coefficient (Wildman–Crippen LogP) is 1.14. The van der Waals surface area contributed by atoms with E-state index in [0.717, 1.165) is 6.42 Å². The number of amides is 1. The summed E-state index contributed by atoms with van der Waals surface area (Å²) in [6, 6.07) is 2.48. The van der Waals surface area contributed by atoms with Crippen molar-refractivity contribution in [1.29, 1.82) is 5.26 Å². The van der Waals surface area contributed by atoms with Crippen LogP contribution in [0, 0.1) is 11.3 Å². The van der Waals surface area contributed by atoms with Gasteiger partial charge in [0.15, 0.2) is 0 Å². The first-order chi connectivity index (χ1) is 7.01. The van der Waals surface area contributed by atoms with Crippen LogP contribution < -0.4 is 5.32 Å². The highest BCUT2D eigenvalue weighted by atomic mass is 16.2. The van der Waals surface area contributed by atoms with E-state index in [0.29, 0.717) is 13.0 Å². The first-order valence-corrected chi connectivity index (χ1v) is 5.37. The van der Waals surface area contributed by atoms with Crippen LogP contribution in [-0.2, 0) is 4.79 Å². The van der Waals surface area contributed by atoms with Crippen molar-refractivity contribution in [2.45, 2.75) is 45.7 Å². The smallest absolute Gasteiger partial charge is 0.234 e. The average molecular weight is 211 g/mol. The van der Waals surface area contributed by atoms with Crippen LogP contribution in [0.5, 0.6) is 0 Å². The Kier molecular flexibility index (Phi) is 6.72. The maximum atomic E-state index is 11.5. The highest BCUT2D eigenvalue weighted by Crippen LogP contribution is 2.05. The van der Waals surface area contributed by atoms with E-state index < -0.39 is 0 Å². The molecule has 1 atom stereocenters. The predicted molar refractivity (Wildman–Crippen MR) is 60.2 cm³/mol. The molecule has 0 spiro atoms. The Morgan fingerprint density at radius 2 is 2.13 bits per heavy atom. The van der Waals surface area contributed by atoms with Crippen molar-refractivity contribution in [3.8, 4) is 6.07 Å². The lowest BCUT2D eigenvalue weighted by Crippen LogP contribution is -2.42. The maximum absolute atomic E-state index is 11.5. The molecule has 86 valence electrons. The molecule has 4 heteroatoms. The molecule has 15 heavy (non-hydrogen) atoms. The van der Waals surface area contributed by atoms with E-state index in [2.05, 4.69) is 11.4 Å². The summed E-state index contributed by atoms with van der Waals surface area (Å²) in [5.41, 5.74) is 0. The molecular formula is C11H21N3O. The van der Waals surface area contributed by atoms with Gasteiger partial charge in [0.1, 0.15) is 0 Å². The topological polar surface area (TPSA) is 56.1 Å². The van der Waals surface area contributed by atoms with Gasteiger partial charge in [-0.1, -0.05) is 6.92 Å². The molecule has 0 aliphatic rings. The average Bonchev–Trinajstić information content (AvgIpc) is 2.12.